The maximum absolute atomic E-state index is 5.75. The van der Waals surface area contributed by atoms with E-state index in [2.05, 4.69) is 22.5 Å². The van der Waals surface area contributed by atoms with Crippen LogP contribution in [0.25, 0.3) is 0 Å². The first-order valence-electron chi connectivity index (χ1n) is 9.90. The number of benzene rings is 2. The van der Waals surface area contributed by atoms with Crippen LogP contribution in [0, 0.1) is 0 Å². The van der Waals surface area contributed by atoms with Crippen LogP contribution in [0.5, 0.6) is 23.0 Å². The highest BCUT2D eigenvalue weighted by Crippen LogP contribution is 2.32. The number of rotatable bonds is 7. The predicted molar refractivity (Wildman–Crippen MR) is 115 cm³/mol. The van der Waals surface area contributed by atoms with Gasteiger partial charge < -0.3 is 29.6 Å². The number of hydrogen-bond acceptors (Lipinski definition) is 5. The summed E-state index contributed by atoms with van der Waals surface area (Å²) in [5.74, 6) is 3.66. The second-order valence-corrected chi connectivity index (χ2v) is 6.60. The van der Waals surface area contributed by atoms with Crippen molar-refractivity contribution in [1.82, 2.24) is 5.32 Å². The molecule has 0 fully saturated rings. The van der Waals surface area contributed by atoms with Crippen LogP contribution in [0.3, 0.4) is 0 Å². The molecule has 2 aromatic rings. The number of hydrogen-bond donors (Lipinski definition) is 2. The Kier molecular flexibility index (Phi) is 7.44. The second-order valence-electron chi connectivity index (χ2n) is 6.60. The van der Waals surface area contributed by atoms with E-state index in [9.17, 15) is 0 Å². The molecule has 29 heavy (non-hydrogen) atoms. The number of nitrogens with one attached hydrogen (secondary N) is 2. The Morgan fingerprint density at radius 3 is 2.66 bits per heavy atom. The van der Waals surface area contributed by atoms with E-state index in [0.29, 0.717) is 32.3 Å². The minimum Gasteiger partial charge on any atom is -0.493 e. The molecule has 2 N–H and O–H groups in total. The lowest BCUT2D eigenvalue weighted by Crippen LogP contribution is -2.30. The molecule has 0 unspecified atom stereocenters. The fourth-order valence-corrected chi connectivity index (χ4v) is 2.90. The Balaban J connectivity index is 1.61. The average molecular weight is 399 g/mol. The van der Waals surface area contributed by atoms with Gasteiger partial charge in [0, 0.05) is 31.8 Å². The van der Waals surface area contributed by atoms with Crippen LogP contribution < -0.4 is 29.6 Å². The van der Waals surface area contributed by atoms with E-state index in [4.69, 9.17) is 18.9 Å². The number of anilines is 1. The first-order valence-corrected chi connectivity index (χ1v) is 9.90. The van der Waals surface area contributed by atoms with E-state index in [1.165, 1.54) is 0 Å². The Morgan fingerprint density at radius 1 is 1.07 bits per heavy atom. The summed E-state index contributed by atoms with van der Waals surface area (Å²) in [6, 6.07) is 11.7. The Morgan fingerprint density at radius 2 is 1.90 bits per heavy atom. The summed E-state index contributed by atoms with van der Waals surface area (Å²) >= 11 is 0. The van der Waals surface area contributed by atoms with Crippen LogP contribution in [0.2, 0.25) is 0 Å². The van der Waals surface area contributed by atoms with Gasteiger partial charge in [0.2, 0.25) is 0 Å². The van der Waals surface area contributed by atoms with E-state index >= 15 is 0 Å². The summed E-state index contributed by atoms with van der Waals surface area (Å²) < 4.78 is 22.6. The van der Waals surface area contributed by atoms with E-state index in [-0.39, 0.29) is 0 Å². The highest BCUT2D eigenvalue weighted by Gasteiger charge is 2.12. The molecule has 1 heterocycles. The van der Waals surface area contributed by atoms with Gasteiger partial charge in [-0.25, -0.2) is 0 Å². The fraction of sp³-hybridized carbons (Fsp3) is 0.409. The first kappa shape index (κ1) is 20.6. The van der Waals surface area contributed by atoms with Crippen molar-refractivity contribution in [2.75, 3.05) is 39.3 Å². The van der Waals surface area contributed by atoms with Crippen LogP contribution >= 0.6 is 0 Å². The summed E-state index contributed by atoms with van der Waals surface area (Å²) in [7, 11) is 3.39. The van der Waals surface area contributed by atoms with Gasteiger partial charge in [-0.1, -0.05) is 13.0 Å². The van der Waals surface area contributed by atoms with Crippen molar-refractivity contribution in [3.05, 3.63) is 42.0 Å². The zero-order chi connectivity index (χ0) is 20.5. The summed E-state index contributed by atoms with van der Waals surface area (Å²) in [5.41, 5.74) is 1.94. The molecule has 3 rings (SSSR count). The largest absolute Gasteiger partial charge is 0.493 e. The normalized spacial score (nSPS) is 13.4. The molecule has 1 aliphatic rings. The maximum Gasteiger partial charge on any atom is 0.195 e. The minimum absolute atomic E-state index is 0.592. The third-order valence-corrected chi connectivity index (χ3v) is 4.38. The van der Waals surface area contributed by atoms with Crippen molar-refractivity contribution in [3.8, 4) is 23.0 Å². The number of aliphatic imine (C=N–C) groups is 1. The number of nitrogens with zero attached hydrogens (tertiary/aromatic N) is 1. The van der Waals surface area contributed by atoms with Crippen molar-refractivity contribution in [1.29, 1.82) is 0 Å². The molecule has 1 aliphatic heterocycles. The van der Waals surface area contributed by atoms with E-state index in [0.717, 1.165) is 47.1 Å². The molecule has 0 radical (unpaired) electrons. The fourth-order valence-electron chi connectivity index (χ4n) is 2.90. The number of guanidine groups is 1. The molecule has 0 atom stereocenters. The van der Waals surface area contributed by atoms with Gasteiger partial charge in [-0.15, -0.1) is 0 Å². The standard InChI is InChI=1S/C22H29N3O4/c1-4-10-27-18-8-6-16(13-20(18)26-3)15-24-22(23-2)25-17-7-9-19-21(14-17)29-12-5-11-28-19/h6-9,13-14H,4-5,10-12,15H2,1-3H3,(H2,23,24,25). The Labute approximate surface area is 172 Å². The predicted octanol–water partition coefficient (Wildman–Crippen LogP) is 3.83. The van der Waals surface area contributed by atoms with Crippen LogP contribution in [0.4, 0.5) is 5.69 Å². The van der Waals surface area contributed by atoms with Gasteiger partial charge in [-0.3, -0.25) is 4.99 Å². The van der Waals surface area contributed by atoms with Gasteiger partial charge in [0.05, 0.1) is 26.9 Å². The molecule has 0 saturated carbocycles. The van der Waals surface area contributed by atoms with Crippen LogP contribution in [0.15, 0.2) is 41.4 Å². The summed E-state index contributed by atoms with van der Waals surface area (Å²) in [6.45, 7) is 4.67. The minimum atomic E-state index is 0.592. The number of ether oxygens (including phenoxy) is 4. The molecular formula is C22H29N3O4. The zero-order valence-electron chi connectivity index (χ0n) is 17.3. The SMILES string of the molecule is CCCOc1ccc(CNC(=NC)Nc2ccc3c(c2)OCCCO3)cc1OC. The molecule has 7 nitrogen and oxygen atoms in total. The third-order valence-electron chi connectivity index (χ3n) is 4.38. The molecule has 0 spiro atoms. The summed E-state index contributed by atoms with van der Waals surface area (Å²) in [6.07, 6.45) is 1.83. The topological polar surface area (TPSA) is 73.3 Å². The smallest absolute Gasteiger partial charge is 0.195 e. The van der Waals surface area contributed by atoms with Gasteiger partial charge in [0.25, 0.3) is 0 Å². The Bertz CT molecular complexity index is 839. The van der Waals surface area contributed by atoms with Gasteiger partial charge >= 0.3 is 0 Å². The zero-order valence-corrected chi connectivity index (χ0v) is 17.3. The van der Waals surface area contributed by atoms with Crippen LogP contribution in [-0.2, 0) is 6.54 Å². The van der Waals surface area contributed by atoms with E-state index in [1.54, 1.807) is 14.2 Å². The van der Waals surface area contributed by atoms with Gasteiger partial charge in [-0.05, 0) is 36.2 Å². The number of methoxy groups -OCH3 is 1. The second kappa shape index (κ2) is 10.5. The van der Waals surface area contributed by atoms with Crippen LogP contribution in [-0.4, -0.2) is 39.9 Å². The molecule has 0 saturated heterocycles. The van der Waals surface area contributed by atoms with E-state index < -0.39 is 0 Å². The van der Waals surface area contributed by atoms with Gasteiger partial charge in [0.1, 0.15) is 0 Å². The van der Waals surface area contributed by atoms with Crippen molar-refractivity contribution >= 4 is 11.6 Å². The molecule has 0 aliphatic carbocycles. The van der Waals surface area contributed by atoms with Crippen molar-refractivity contribution in [2.24, 2.45) is 4.99 Å². The first-order chi connectivity index (χ1) is 14.2. The molecule has 2 aromatic carbocycles. The van der Waals surface area contributed by atoms with E-state index in [1.807, 2.05) is 36.4 Å². The van der Waals surface area contributed by atoms with Crippen LogP contribution in [0.1, 0.15) is 25.3 Å². The molecular weight excluding hydrogens is 370 g/mol. The number of fused-ring (bicyclic) bond motifs is 1. The lowest BCUT2D eigenvalue weighted by Gasteiger charge is -2.15. The molecule has 0 amide bonds. The maximum atomic E-state index is 5.75. The average Bonchev–Trinajstić information content (AvgIpc) is 3.00. The van der Waals surface area contributed by atoms with Crippen molar-refractivity contribution in [2.45, 2.75) is 26.3 Å². The monoisotopic (exact) mass is 399 g/mol. The summed E-state index contributed by atoms with van der Waals surface area (Å²) in [4.78, 5) is 4.30. The van der Waals surface area contributed by atoms with Crippen molar-refractivity contribution < 1.29 is 18.9 Å². The molecule has 0 aromatic heterocycles. The molecule has 0 bridgehead atoms. The van der Waals surface area contributed by atoms with Crippen molar-refractivity contribution in [3.63, 3.8) is 0 Å². The third kappa shape index (κ3) is 5.70. The van der Waals surface area contributed by atoms with Gasteiger partial charge in [0.15, 0.2) is 29.0 Å². The lowest BCUT2D eigenvalue weighted by molar-refractivity contribution is 0.294. The highest BCUT2D eigenvalue weighted by atomic mass is 16.5. The highest BCUT2D eigenvalue weighted by molar-refractivity contribution is 5.93. The summed E-state index contributed by atoms with van der Waals surface area (Å²) in [5, 5.41) is 6.60. The Hall–Kier alpha value is -3.09. The van der Waals surface area contributed by atoms with Gasteiger partial charge in [-0.2, -0.15) is 0 Å². The quantitative estimate of drug-likeness (QED) is 0.545. The molecule has 156 valence electrons. The molecule has 7 heteroatoms. The lowest BCUT2D eigenvalue weighted by atomic mass is 10.2.